The molecule has 1 aliphatic carbocycles. The minimum atomic E-state index is -0.284. The standard InChI is InChI=1S/C23H23N3O3S/c1-3-15-9-11-16(12-10-15)24-23(28)21-14(2)20-17(6-4-7-18(20)29-21)25-26-22(27)19-8-5-13-30-19/h5,8-13H,3-4,6-7H2,1-2H3,(H,24,28)(H,26,27)/b25-17+. The first-order valence-corrected chi connectivity index (χ1v) is 10.9. The number of fused-ring (bicyclic) bond motifs is 1. The second-order valence-electron chi connectivity index (χ2n) is 7.19. The van der Waals surface area contributed by atoms with Crippen molar-refractivity contribution in [1.82, 2.24) is 5.43 Å². The van der Waals surface area contributed by atoms with E-state index in [0.29, 0.717) is 10.6 Å². The summed E-state index contributed by atoms with van der Waals surface area (Å²) >= 11 is 1.36. The van der Waals surface area contributed by atoms with E-state index in [9.17, 15) is 9.59 Å². The molecule has 1 aromatic carbocycles. The van der Waals surface area contributed by atoms with Crippen molar-refractivity contribution in [1.29, 1.82) is 0 Å². The lowest BCUT2D eigenvalue weighted by atomic mass is 9.93. The molecule has 7 heteroatoms. The number of hydrazone groups is 1. The molecule has 0 bridgehead atoms. The van der Waals surface area contributed by atoms with Gasteiger partial charge in [-0.15, -0.1) is 11.3 Å². The maximum absolute atomic E-state index is 12.8. The molecule has 2 heterocycles. The van der Waals surface area contributed by atoms with Crippen molar-refractivity contribution in [3.05, 3.63) is 74.9 Å². The third-order valence-electron chi connectivity index (χ3n) is 5.19. The van der Waals surface area contributed by atoms with E-state index in [4.69, 9.17) is 4.42 Å². The predicted molar refractivity (Wildman–Crippen MR) is 118 cm³/mol. The Labute approximate surface area is 179 Å². The van der Waals surface area contributed by atoms with E-state index in [0.717, 1.165) is 54.0 Å². The van der Waals surface area contributed by atoms with Crippen LogP contribution in [0.5, 0.6) is 0 Å². The highest BCUT2D eigenvalue weighted by molar-refractivity contribution is 7.12. The van der Waals surface area contributed by atoms with Crippen molar-refractivity contribution >= 4 is 34.6 Å². The number of carbonyl (C=O) groups excluding carboxylic acids is 2. The summed E-state index contributed by atoms with van der Waals surface area (Å²) in [6.45, 7) is 3.95. The molecule has 0 radical (unpaired) electrons. The first-order valence-electron chi connectivity index (χ1n) is 10.00. The van der Waals surface area contributed by atoms with Gasteiger partial charge in [0.15, 0.2) is 5.76 Å². The molecule has 4 rings (SSSR count). The number of carbonyl (C=O) groups is 2. The van der Waals surface area contributed by atoms with Crippen LogP contribution in [-0.2, 0) is 12.8 Å². The number of nitrogens with zero attached hydrogens (tertiary/aromatic N) is 1. The molecular weight excluding hydrogens is 398 g/mol. The fraction of sp³-hybridized carbons (Fsp3) is 0.261. The maximum atomic E-state index is 12.8. The van der Waals surface area contributed by atoms with Crippen LogP contribution < -0.4 is 10.7 Å². The lowest BCUT2D eigenvalue weighted by Crippen LogP contribution is -2.21. The summed E-state index contributed by atoms with van der Waals surface area (Å²) in [4.78, 5) is 25.6. The molecule has 0 saturated carbocycles. The highest BCUT2D eigenvalue weighted by Crippen LogP contribution is 2.30. The highest BCUT2D eigenvalue weighted by atomic mass is 32.1. The number of nitrogens with one attached hydrogen (secondary N) is 2. The number of hydrogen-bond donors (Lipinski definition) is 2. The van der Waals surface area contributed by atoms with Gasteiger partial charge in [-0.2, -0.15) is 5.10 Å². The summed E-state index contributed by atoms with van der Waals surface area (Å²) in [5.41, 5.74) is 6.89. The molecule has 0 spiro atoms. The third kappa shape index (κ3) is 4.07. The van der Waals surface area contributed by atoms with Gasteiger partial charge < -0.3 is 9.73 Å². The van der Waals surface area contributed by atoms with Gasteiger partial charge in [-0.05, 0) is 55.3 Å². The van der Waals surface area contributed by atoms with Crippen molar-refractivity contribution < 1.29 is 14.0 Å². The van der Waals surface area contributed by atoms with E-state index < -0.39 is 0 Å². The van der Waals surface area contributed by atoms with Crippen molar-refractivity contribution in [2.24, 2.45) is 5.10 Å². The molecule has 154 valence electrons. The minimum absolute atomic E-state index is 0.237. The summed E-state index contributed by atoms with van der Waals surface area (Å²) in [6, 6.07) is 11.4. The number of benzene rings is 1. The Morgan fingerprint density at radius 1 is 1.13 bits per heavy atom. The van der Waals surface area contributed by atoms with E-state index in [1.54, 1.807) is 6.07 Å². The average molecular weight is 422 g/mol. The zero-order valence-electron chi connectivity index (χ0n) is 17.0. The van der Waals surface area contributed by atoms with Crippen molar-refractivity contribution in [2.45, 2.75) is 39.5 Å². The molecule has 2 aromatic heterocycles. The Bertz CT molecular complexity index is 1100. The van der Waals surface area contributed by atoms with Crippen LogP contribution in [0.2, 0.25) is 0 Å². The first-order chi connectivity index (χ1) is 14.6. The van der Waals surface area contributed by atoms with Gasteiger partial charge in [0.2, 0.25) is 0 Å². The number of aryl methyl sites for hydroxylation is 2. The molecule has 0 fully saturated rings. The minimum Gasteiger partial charge on any atom is -0.455 e. The molecule has 0 saturated heterocycles. The van der Waals surface area contributed by atoms with Crippen LogP contribution >= 0.6 is 11.3 Å². The quantitative estimate of drug-likeness (QED) is 0.573. The average Bonchev–Trinajstić information content (AvgIpc) is 3.41. The zero-order valence-corrected chi connectivity index (χ0v) is 17.8. The molecule has 2 N–H and O–H groups in total. The number of anilines is 1. The van der Waals surface area contributed by atoms with Gasteiger partial charge in [0.05, 0.1) is 10.6 Å². The summed E-state index contributed by atoms with van der Waals surface area (Å²) < 4.78 is 5.92. The number of amides is 2. The predicted octanol–water partition coefficient (Wildman–Crippen LogP) is 4.93. The van der Waals surface area contributed by atoms with Gasteiger partial charge in [0.1, 0.15) is 5.76 Å². The van der Waals surface area contributed by atoms with Gasteiger partial charge >= 0.3 is 0 Å². The van der Waals surface area contributed by atoms with Gasteiger partial charge in [-0.25, -0.2) is 5.43 Å². The van der Waals surface area contributed by atoms with Crippen LogP contribution in [-0.4, -0.2) is 17.5 Å². The van der Waals surface area contributed by atoms with Gasteiger partial charge in [0, 0.05) is 23.2 Å². The van der Waals surface area contributed by atoms with Crippen LogP contribution in [0.1, 0.15) is 62.4 Å². The Hall–Kier alpha value is -3.19. The molecule has 30 heavy (non-hydrogen) atoms. The van der Waals surface area contributed by atoms with Gasteiger partial charge in [-0.3, -0.25) is 9.59 Å². The van der Waals surface area contributed by atoms with E-state index in [1.807, 2.05) is 42.6 Å². The summed E-state index contributed by atoms with van der Waals surface area (Å²) in [5, 5.41) is 9.10. The van der Waals surface area contributed by atoms with Gasteiger partial charge in [0.25, 0.3) is 11.8 Å². The molecule has 0 atom stereocenters. The van der Waals surface area contributed by atoms with E-state index in [1.165, 1.54) is 16.9 Å². The number of furan rings is 1. The van der Waals surface area contributed by atoms with Crippen molar-refractivity contribution in [3.8, 4) is 0 Å². The number of rotatable bonds is 5. The maximum Gasteiger partial charge on any atom is 0.291 e. The van der Waals surface area contributed by atoms with Gasteiger partial charge in [-0.1, -0.05) is 25.1 Å². The Morgan fingerprint density at radius 2 is 1.93 bits per heavy atom. The molecule has 6 nitrogen and oxygen atoms in total. The Kier molecular flexibility index (Phi) is 5.81. The van der Waals surface area contributed by atoms with Crippen LogP contribution in [0, 0.1) is 6.92 Å². The third-order valence-corrected chi connectivity index (χ3v) is 6.06. The fourth-order valence-electron chi connectivity index (χ4n) is 3.59. The molecule has 0 unspecified atom stereocenters. The van der Waals surface area contributed by atoms with E-state index >= 15 is 0 Å². The van der Waals surface area contributed by atoms with E-state index in [-0.39, 0.29) is 11.8 Å². The Balaban J connectivity index is 1.55. The zero-order chi connectivity index (χ0) is 21.1. The smallest absolute Gasteiger partial charge is 0.291 e. The monoisotopic (exact) mass is 421 g/mol. The lowest BCUT2D eigenvalue weighted by Gasteiger charge is -2.13. The number of hydrogen-bond acceptors (Lipinski definition) is 5. The second kappa shape index (κ2) is 8.67. The molecular formula is C23H23N3O3S. The molecule has 2 amide bonds. The highest BCUT2D eigenvalue weighted by Gasteiger charge is 2.28. The van der Waals surface area contributed by atoms with Crippen LogP contribution in [0.3, 0.4) is 0 Å². The summed E-state index contributed by atoms with van der Waals surface area (Å²) in [5.74, 6) is 0.514. The number of thiophene rings is 1. The van der Waals surface area contributed by atoms with Crippen LogP contribution in [0.15, 0.2) is 51.3 Å². The topological polar surface area (TPSA) is 83.7 Å². The Morgan fingerprint density at radius 3 is 2.63 bits per heavy atom. The van der Waals surface area contributed by atoms with Crippen LogP contribution in [0.25, 0.3) is 0 Å². The van der Waals surface area contributed by atoms with Crippen molar-refractivity contribution in [3.63, 3.8) is 0 Å². The van der Waals surface area contributed by atoms with E-state index in [2.05, 4.69) is 22.8 Å². The molecule has 1 aliphatic rings. The second-order valence-corrected chi connectivity index (χ2v) is 8.14. The van der Waals surface area contributed by atoms with Crippen LogP contribution in [0.4, 0.5) is 5.69 Å². The van der Waals surface area contributed by atoms with Crippen molar-refractivity contribution in [2.75, 3.05) is 5.32 Å². The summed E-state index contributed by atoms with van der Waals surface area (Å²) in [7, 11) is 0. The SMILES string of the molecule is CCc1ccc(NC(=O)c2oc3c(c2C)/C(=N/NC(=O)c2cccs2)CCC3)cc1. The fourth-order valence-corrected chi connectivity index (χ4v) is 4.20. The normalized spacial score (nSPS) is 14.4. The largest absolute Gasteiger partial charge is 0.455 e. The summed E-state index contributed by atoms with van der Waals surface area (Å²) in [6.07, 6.45) is 3.26. The first kappa shape index (κ1) is 20.1. The molecule has 0 aliphatic heterocycles. The lowest BCUT2D eigenvalue weighted by molar-refractivity contribution is 0.0957. The molecule has 3 aromatic rings.